The van der Waals surface area contributed by atoms with Crippen LogP contribution in [-0.2, 0) is 26.3 Å². The first kappa shape index (κ1) is 42.1. The van der Waals surface area contributed by atoms with Crippen molar-refractivity contribution in [2.24, 2.45) is 5.92 Å². The van der Waals surface area contributed by atoms with E-state index in [0.717, 1.165) is 11.1 Å². The summed E-state index contributed by atoms with van der Waals surface area (Å²) in [6.45, 7) is 6.84. The van der Waals surface area contributed by atoms with Crippen molar-refractivity contribution in [3.8, 4) is 22.8 Å². The van der Waals surface area contributed by atoms with Crippen LogP contribution in [0.1, 0.15) is 57.0 Å². The Balaban J connectivity index is 1.11. The molecule has 0 unspecified atom stereocenters. The number of ether oxygens (including phenoxy) is 3. The highest BCUT2D eigenvalue weighted by atomic mass is 19.4. The molecule has 3 aliphatic rings. The number of aliphatic hydroxyl groups is 1. The second-order valence-corrected chi connectivity index (χ2v) is 16.4. The average molecular weight is 821 g/mol. The third-order valence-corrected chi connectivity index (χ3v) is 11.6. The number of aliphatic hydroxyl groups excluding tert-OH is 1. The van der Waals surface area contributed by atoms with E-state index in [9.17, 15) is 27.9 Å². The molecule has 59 heavy (non-hydrogen) atoms. The quantitative estimate of drug-likeness (QED) is 0.180. The lowest BCUT2D eigenvalue weighted by atomic mass is 9.89. The van der Waals surface area contributed by atoms with Crippen molar-refractivity contribution in [3.05, 3.63) is 96.0 Å². The Kier molecular flexibility index (Phi) is 12.1. The van der Waals surface area contributed by atoms with Gasteiger partial charge in [-0.05, 0) is 58.2 Å². The zero-order valence-corrected chi connectivity index (χ0v) is 33.8. The average Bonchev–Trinajstić information content (AvgIpc) is 3.82. The van der Waals surface area contributed by atoms with Gasteiger partial charge in [0.2, 0.25) is 11.8 Å². The van der Waals surface area contributed by atoms with E-state index >= 15 is 0 Å². The first-order valence-corrected chi connectivity index (χ1v) is 19.8. The second-order valence-electron chi connectivity index (χ2n) is 16.4. The van der Waals surface area contributed by atoms with Crippen molar-refractivity contribution in [2.45, 2.75) is 82.3 Å². The predicted molar refractivity (Wildman–Crippen MR) is 210 cm³/mol. The molecule has 0 aliphatic carbocycles. The van der Waals surface area contributed by atoms with E-state index in [1.807, 2.05) is 87.2 Å². The normalized spacial score (nSPS) is 21.8. The fourth-order valence-corrected chi connectivity index (χ4v) is 8.56. The number of fused-ring (bicyclic) bond motifs is 3. The number of methoxy groups -OCH3 is 1. The van der Waals surface area contributed by atoms with Gasteiger partial charge in [-0.25, -0.2) is 0 Å². The number of alkyl halides is 3. The highest BCUT2D eigenvalue weighted by molar-refractivity contribution is 5.82. The lowest BCUT2D eigenvalue weighted by Gasteiger charge is -2.46. The van der Waals surface area contributed by atoms with E-state index in [1.54, 1.807) is 34.3 Å². The first-order valence-electron chi connectivity index (χ1n) is 19.8. The molecule has 0 bridgehead atoms. The zero-order valence-electron chi connectivity index (χ0n) is 33.8. The molecule has 2 aromatic carbocycles. The highest BCUT2D eigenvalue weighted by Gasteiger charge is 2.54. The molecule has 5 heterocycles. The van der Waals surface area contributed by atoms with Crippen LogP contribution >= 0.6 is 0 Å². The third-order valence-electron chi connectivity index (χ3n) is 11.6. The van der Waals surface area contributed by atoms with Crippen LogP contribution in [-0.4, -0.2) is 118 Å². The van der Waals surface area contributed by atoms with Crippen molar-refractivity contribution in [1.82, 2.24) is 30.2 Å². The Morgan fingerprint density at radius 2 is 1.80 bits per heavy atom. The number of benzene rings is 2. The van der Waals surface area contributed by atoms with Crippen LogP contribution in [0.3, 0.4) is 0 Å². The topological polar surface area (TPSA) is 143 Å². The van der Waals surface area contributed by atoms with Gasteiger partial charge in [-0.3, -0.25) is 24.4 Å². The number of piperazine rings is 1. The van der Waals surface area contributed by atoms with Gasteiger partial charge >= 0.3 is 6.18 Å². The molecular weight excluding hydrogens is 770 g/mol. The number of aromatic nitrogens is 2. The number of pyridine rings is 1. The molecule has 316 valence electrons. The molecule has 0 spiro atoms. The molecule has 3 aliphatic heterocycles. The number of carbonyl (C=O) groups is 2. The zero-order chi connectivity index (χ0) is 42.1. The maximum atomic E-state index is 14.9. The fourth-order valence-electron chi connectivity index (χ4n) is 8.56. The van der Waals surface area contributed by atoms with E-state index < -0.39 is 60.1 Å². The van der Waals surface area contributed by atoms with Crippen molar-refractivity contribution in [1.29, 1.82) is 0 Å². The van der Waals surface area contributed by atoms with E-state index in [0.29, 0.717) is 41.5 Å². The molecule has 2 amide bonds. The number of carbonyl (C=O) groups excluding carboxylic acids is 2. The molecule has 16 heteroatoms. The Morgan fingerprint density at radius 3 is 2.54 bits per heavy atom. The van der Waals surface area contributed by atoms with Gasteiger partial charge < -0.3 is 34.1 Å². The highest BCUT2D eigenvalue weighted by Crippen LogP contribution is 2.48. The summed E-state index contributed by atoms with van der Waals surface area (Å²) in [6, 6.07) is 19.2. The van der Waals surface area contributed by atoms with Crippen LogP contribution in [0, 0.1) is 5.92 Å². The standard InChI is InChI=1S/C43H51F3N6O7/c1-41(2,37-20-33(49-59-37)29-19-31(56-5)22-47-21-29)51-16-15-50(34(24-51)39(54)48-26-43(44,45)46)23-30(53)18-28(17-27-11-7-6-8-12-27)40(55)52-38-32-13-9-10-14-35(32)57-25-36(38)58-42(52,3)4/h6-14,19-22,28,30,34,36,38,53H,15-18,23-26H2,1-5H3,(H,48,54)/t28-,30+,34+,36-,38+/m1/s1. The number of halogens is 3. The Hall–Kier alpha value is -5.03. The summed E-state index contributed by atoms with van der Waals surface area (Å²) in [5.74, 6) is -0.0358. The maximum Gasteiger partial charge on any atom is 0.405 e. The molecule has 2 saturated heterocycles. The van der Waals surface area contributed by atoms with Gasteiger partial charge in [0.15, 0.2) is 5.76 Å². The summed E-state index contributed by atoms with van der Waals surface area (Å²) in [5.41, 5.74) is 1.09. The monoisotopic (exact) mass is 820 g/mol. The molecule has 2 aromatic heterocycles. The van der Waals surface area contributed by atoms with Crippen LogP contribution in [0.25, 0.3) is 11.3 Å². The summed E-state index contributed by atoms with van der Waals surface area (Å²) in [5, 5.41) is 18.1. The minimum absolute atomic E-state index is 0.0242. The molecule has 5 atom stereocenters. The van der Waals surface area contributed by atoms with Crippen LogP contribution < -0.4 is 14.8 Å². The number of para-hydroxylation sites is 1. The Labute approximate surface area is 341 Å². The first-order chi connectivity index (χ1) is 28.0. The maximum absolute atomic E-state index is 14.9. The van der Waals surface area contributed by atoms with Crippen molar-refractivity contribution in [2.75, 3.05) is 46.4 Å². The van der Waals surface area contributed by atoms with Gasteiger partial charge in [0, 0.05) is 55.5 Å². The minimum Gasteiger partial charge on any atom is -0.495 e. The molecule has 0 saturated carbocycles. The number of nitrogens with one attached hydrogen (secondary N) is 1. The summed E-state index contributed by atoms with van der Waals surface area (Å²) in [7, 11) is 1.53. The summed E-state index contributed by atoms with van der Waals surface area (Å²) in [6.07, 6.45) is -2.60. The van der Waals surface area contributed by atoms with Gasteiger partial charge in [-0.2, -0.15) is 13.2 Å². The van der Waals surface area contributed by atoms with E-state index in [-0.39, 0.29) is 38.6 Å². The van der Waals surface area contributed by atoms with Crippen molar-refractivity contribution >= 4 is 11.8 Å². The number of nitrogens with zero attached hydrogens (tertiary/aromatic N) is 5. The molecule has 7 rings (SSSR count). The van der Waals surface area contributed by atoms with Crippen molar-refractivity contribution in [3.63, 3.8) is 0 Å². The smallest absolute Gasteiger partial charge is 0.405 e. The van der Waals surface area contributed by atoms with Crippen LogP contribution in [0.5, 0.6) is 11.5 Å². The number of β-amino-alcohol motifs (C(OH)–C–C–N with tert-alkyl or cyclic N) is 1. The number of hydrogen-bond donors (Lipinski definition) is 2. The molecule has 0 radical (unpaired) electrons. The second kappa shape index (κ2) is 16.9. The largest absolute Gasteiger partial charge is 0.495 e. The summed E-state index contributed by atoms with van der Waals surface area (Å²) < 4.78 is 63.6. The van der Waals surface area contributed by atoms with Gasteiger partial charge in [0.1, 0.15) is 48.2 Å². The molecule has 2 N–H and O–H groups in total. The molecule has 13 nitrogen and oxygen atoms in total. The minimum atomic E-state index is -4.62. The lowest BCUT2D eigenvalue weighted by Crippen LogP contribution is -2.63. The number of rotatable bonds is 13. The van der Waals surface area contributed by atoms with Crippen LogP contribution in [0.4, 0.5) is 13.2 Å². The summed E-state index contributed by atoms with van der Waals surface area (Å²) in [4.78, 5) is 38.2. The lowest BCUT2D eigenvalue weighted by molar-refractivity contribution is -0.153. The third kappa shape index (κ3) is 9.25. The molecule has 4 aromatic rings. The Bertz CT molecular complexity index is 2100. The fraction of sp³-hybridized carbons (Fsp3) is 0.488. The molecular formula is C43H51F3N6O7. The van der Waals surface area contributed by atoms with Gasteiger partial charge in [0.25, 0.3) is 0 Å². The summed E-state index contributed by atoms with van der Waals surface area (Å²) >= 11 is 0. The van der Waals surface area contributed by atoms with E-state index in [4.69, 9.17) is 18.7 Å². The van der Waals surface area contributed by atoms with Crippen LogP contribution in [0.15, 0.2) is 83.6 Å². The number of amides is 2. The van der Waals surface area contributed by atoms with Gasteiger partial charge in [0.05, 0.1) is 31.0 Å². The van der Waals surface area contributed by atoms with E-state index in [2.05, 4.69) is 15.5 Å². The van der Waals surface area contributed by atoms with Crippen molar-refractivity contribution < 1.29 is 46.6 Å². The predicted octanol–water partition coefficient (Wildman–Crippen LogP) is 5.35. The molecule has 2 fully saturated rings. The number of hydrogen-bond acceptors (Lipinski definition) is 11. The van der Waals surface area contributed by atoms with Gasteiger partial charge in [-0.15, -0.1) is 0 Å². The SMILES string of the molecule is COc1cncc(-c2cc(C(C)(C)N3CCN(C[C@@H](O)C[C@@H](Cc4ccccc4)C(=O)N4[C@H]5c6ccccc6OC[C@H]5OC4(C)C)[C@H](C(=O)NCC(F)(F)F)C3)on2)c1. The Morgan fingerprint density at radius 1 is 1.05 bits per heavy atom. The van der Waals surface area contributed by atoms with Crippen LogP contribution in [0.2, 0.25) is 0 Å². The van der Waals surface area contributed by atoms with E-state index in [1.165, 1.54) is 7.11 Å². The van der Waals surface area contributed by atoms with Gasteiger partial charge in [-0.1, -0.05) is 53.7 Å².